The van der Waals surface area contributed by atoms with Crippen molar-refractivity contribution in [2.75, 3.05) is 0 Å². The third-order valence-electron chi connectivity index (χ3n) is 2.25. The molecule has 5 heteroatoms. The molecule has 1 unspecified atom stereocenters. The van der Waals surface area contributed by atoms with Gasteiger partial charge in [-0.15, -0.1) is 0 Å². The molecule has 2 N–H and O–H groups in total. The first-order chi connectivity index (χ1) is 7.91. The fraction of sp³-hybridized carbons (Fsp3) is 0.333. The highest BCUT2D eigenvalue weighted by Gasteiger charge is 2.19. The number of aliphatic carboxylic acids is 1. The van der Waals surface area contributed by atoms with Crippen LogP contribution in [0.4, 0.5) is 0 Å². The van der Waals surface area contributed by atoms with Gasteiger partial charge in [0, 0.05) is 16.8 Å². The van der Waals surface area contributed by atoms with Crippen LogP contribution in [-0.4, -0.2) is 28.4 Å². The van der Waals surface area contributed by atoms with E-state index in [1.54, 1.807) is 19.9 Å². The highest BCUT2D eigenvalue weighted by molar-refractivity contribution is 6.30. The molecule has 0 aliphatic carbocycles. The van der Waals surface area contributed by atoms with Crippen molar-refractivity contribution in [3.05, 3.63) is 28.8 Å². The Morgan fingerprint density at radius 1 is 1.47 bits per heavy atom. The fourth-order valence-electron chi connectivity index (χ4n) is 1.31. The number of hydrogen-bond acceptors (Lipinski definition) is 3. The lowest BCUT2D eigenvalue weighted by Gasteiger charge is -2.10. The molecule has 1 aromatic carbocycles. The first kappa shape index (κ1) is 13.5. The summed E-state index contributed by atoms with van der Waals surface area (Å²) < 4.78 is 0. The van der Waals surface area contributed by atoms with E-state index >= 15 is 0 Å². The van der Waals surface area contributed by atoms with Gasteiger partial charge in [0.25, 0.3) is 0 Å². The van der Waals surface area contributed by atoms with Crippen molar-refractivity contribution in [1.29, 1.82) is 0 Å². The van der Waals surface area contributed by atoms with Gasteiger partial charge in [-0.2, -0.15) is 0 Å². The Morgan fingerprint density at radius 3 is 2.65 bits per heavy atom. The van der Waals surface area contributed by atoms with Gasteiger partial charge in [-0.3, -0.25) is 4.99 Å². The fourth-order valence-corrected chi connectivity index (χ4v) is 1.49. The molecular formula is C12H14ClNO3. The van der Waals surface area contributed by atoms with Crippen molar-refractivity contribution in [3.8, 4) is 5.75 Å². The molecule has 1 rings (SSSR count). The van der Waals surface area contributed by atoms with Gasteiger partial charge in [0.1, 0.15) is 11.8 Å². The quantitative estimate of drug-likeness (QED) is 0.813. The van der Waals surface area contributed by atoms with Gasteiger partial charge in [0.15, 0.2) is 0 Å². The van der Waals surface area contributed by atoms with E-state index in [0.29, 0.717) is 10.6 Å². The SMILES string of the molecule is CC(C)C(N=Cc1cc(Cl)ccc1O)C(=O)O. The average molecular weight is 256 g/mol. The molecule has 0 amide bonds. The van der Waals surface area contributed by atoms with Crippen LogP contribution in [0.5, 0.6) is 5.75 Å². The lowest BCUT2D eigenvalue weighted by Crippen LogP contribution is -2.24. The van der Waals surface area contributed by atoms with Gasteiger partial charge in [0.2, 0.25) is 0 Å². The highest BCUT2D eigenvalue weighted by atomic mass is 35.5. The van der Waals surface area contributed by atoms with Gasteiger partial charge < -0.3 is 10.2 Å². The zero-order chi connectivity index (χ0) is 13.0. The summed E-state index contributed by atoms with van der Waals surface area (Å²) in [7, 11) is 0. The van der Waals surface area contributed by atoms with Crippen LogP contribution in [0, 0.1) is 5.92 Å². The van der Waals surface area contributed by atoms with Crippen LogP contribution >= 0.6 is 11.6 Å². The van der Waals surface area contributed by atoms with Crippen LogP contribution < -0.4 is 0 Å². The second kappa shape index (κ2) is 5.68. The van der Waals surface area contributed by atoms with Crippen LogP contribution in [-0.2, 0) is 4.79 Å². The number of phenols is 1. The molecule has 0 heterocycles. The maximum atomic E-state index is 10.9. The van der Waals surface area contributed by atoms with Gasteiger partial charge in [0.05, 0.1) is 0 Å². The molecule has 0 aliphatic heterocycles. The number of nitrogens with zero attached hydrogens (tertiary/aromatic N) is 1. The smallest absolute Gasteiger partial charge is 0.328 e. The van der Waals surface area contributed by atoms with Gasteiger partial charge in [-0.1, -0.05) is 25.4 Å². The Morgan fingerprint density at radius 2 is 2.12 bits per heavy atom. The molecule has 0 saturated heterocycles. The van der Waals surface area contributed by atoms with Crippen LogP contribution in [0.3, 0.4) is 0 Å². The zero-order valence-electron chi connectivity index (χ0n) is 9.59. The number of hydrogen-bond donors (Lipinski definition) is 2. The monoisotopic (exact) mass is 255 g/mol. The number of benzene rings is 1. The lowest BCUT2D eigenvalue weighted by molar-refractivity contribution is -0.139. The van der Waals surface area contributed by atoms with E-state index in [-0.39, 0.29) is 11.7 Å². The van der Waals surface area contributed by atoms with E-state index in [0.717, 1.165) is 0 Å². The van der Waals surface area contributed by atoms with E-state index in [1.165, 1.54) is 18.3 Å². The number of aliphatic imine (C=N–C) groups is 1. The summed E-state index contributed by atoms with van der Waals surface area (Å²) in [5.74, 6) is -1.09. The molecule has 0 aliphatic rings. The van der Waals surface area contributed by atoms with Crippen LogP contribution in [0.25, 0.3) is 0 Å². The summed E-state index contributed by atoms with van der Waals surface area (Å²) in [5.41, 5.74) is 0.407. The number of halogens is 1. The molecule has 0 aromatic heterocycles. The highest BCUT2D eigenvalue weighted by Crippen LogP contribution is 2.20. The standard InChI is InChI=1S/C12H14ClNO3/c1-7(2)11(12(16)17)14-6-8-5-9(13)3-4-10(8)15/h3-7,11,15H,1-2H3,(H,16,17). The van der Waals surface area contributed by atoms with Crippen molar-refractivity contribution in [3.63, 3.8) is 0 Å². The number of carboxylic acid groups (broad SMARTS) is 1. The molecule has 1 atom stereocenters. The van der Waals surface area contributed by atoms with E-state index in [1.807, 2.05) is 0 Å². The van der Waals surface area contributed by atoms with Gasteiger partial charge >= 0.3 is 5.97 Å². The van der Waals surface area contributed by atoms with Gasteiger partial charge in [-0.05, 0) is 24.1 Å². The molecule has 0 fully saturated rings. The number of rotatable bonds is 4. The Labute approximate surface area is 105 Å². The predicted octanol–water partition coefficient (Wildman–Crippen LogP) is 2.57. The molecule has 92 valence electrons. The van der Waals surface area contributed by atoms with Crippen molar-refractivity contribution >= 4 is 23.8 Å². The number of carbonyl (C=O) groups is 1. The molecule has 1 aromatic rings. The molecule has 0 radical (unpaired) electrons. The minimum absolute atomic E-state index is 0.0195. The summed E-state index contributed by atoms with van der Waals surface area (Å²) in [5, 5.41) is 18.9. The van der Waals surface area contributed by atoms with Crippen molar-refractivity contribution in [2.45, 2.75) is 19.9 Å². The first-order valence-corrected chi connectivity index (χ1v) is 5.54. The van der Waals surface area contributed by atoms with Gasteiger partial charge in [-0.25, -0.2) is 4.79 Å². The second-order valence-corrected chi connectivity index (χ2v) is 4.44. The van der Waals surface area contributed by atoms with Crippen molar-refractivity contribution in [2.24, 2.45) is 10.9 Å². The first-order valence-electron chi connectivity index (χ1n) is 5.16. The third-order valence-corrected chi connectivity index (χ3v) is 2.48. The maximum absolute atomic E-state index is 10.9. The minimum Gasteiger partial charge on any atom is -0.507 e. The average Bonchev–Trinajstić information content (AvgIpc) is 2.22. The van der Waals surface area contributed by atoms with E-state index < -0.39 is 12.0 Å². The maximum Gasteiger partial charge on any atom is 0.328 e. The summed E-state index contributed by atoms with van der Waals surface area (Å²) in [6.45, 7) is 3.54. The second-order valence-electron chi connectivity index (χ2n) is 4.01. The molecule has 17 heavy (non-hydrogen) atoms. The number of phenolic OH excluding ortho intramolecular Hbond substituents is 1. The van der Waals surface area contributed by atoms with Crippen LogP contribution in [0.2, 0.25) is 5.02 Å². The topological polar surface area (TPSA) is 69.9 Å². The predicted molar refractivity (Wildman–Crippen MR) is 67.0 cm³/mol. The summed E-state index contributed by atoms with van der Waals surface area (Å²) >= 11 is 5.77. The van der Waals surface area contributed by atoms with Crippen LogP contribution in [0.1, 0.15) is 19.4 Å². The molecular weight excluding hydrogens is 242 g/mol. The normalized spacial score (nSPS) is 13.2. The molecule has 4 nitrogen and oxygen atoms in total. The Bertz CT molecular complexity index is 443. The third kappa shape index (κ3) is 3.75. The summed E-state index contributed by atoms with van der Waals surface area (Å²) in [6.07, 6.45) is 1.33. The molecule has 0 saturated carbocycles. The number of carboxylic acids is 1. The van der Waals surface area contributed by atoms with Crippen LogP contribution in [0.15, 0.2) is 23.2 Å². The summed E-state index contributed by atoms with van der Waals surface area (Å²) in [4.78, 5) is 14.9. The number of aromatic hydroxyl groups is 1. The van der Waals surface area contributed by atoms with E-state index in [4.69, 9.17) is 16.7 Å². The van der Waals surface area contributed by atoms with E-state index in [9.17, 15) is 9.90 Å². The molecule has 0 spiro atoms. The van der Waals surface area contributed by atoms with Crippen molar-refractivity contribution < 1.29 is 15.0 Å². The Kier molecular flexibility index (Phi) is 4.52. The largest absolute Gasteiger partial charge is 0.507 e. The Balaban J connectivity index is 2.95. The summed E-state index contributed by atoms with van der Waals surface area (Å²) in [6, 6.07) is 3.69. The molecule has 0 bridgehead atoms. The Hall–Kier alpha value is -1.55. The minimum atomic E-state index is -0.988. The zero-order valence-corrected chi connectivity index (χ0v) is 10.3. The lowest BCUT2D eigenvalue weighted by atomic mass is 10.1. The van der Waals surface area contributed by atoms with E-state index in [2.05, 4.69) is 4.99 Å². The van der Waals surface area contributed by atoms with Crippen molar-refractivity contribution in [1.82, 2.24) is 0 Å².